The number of esters is 3. The Morgan fingerprint density at radius 2 is 0.500 bits per heavy atom. The number of carbonyl (C=O) groups is 3. The Bertz CT molecular complexity index is 1210. The van der Waals surface area contributed by atoms with E-state index in [9.17, 15) is 14.4 Å². The van der Waals surface area contributed by atoms with E-state index in [1.54, 1.807) is 0 Å². The summed E-state index contributed by atoms with van der Waals surface area (Å²) in [5.74, 6) is -0.847. The first-order valence-corrected chi connectivity index (χ1v) is 32.0. The van der Waals surface area contributed by atoms with Gasteiger partial charge in [0.2, 0.25) is 0 Å². The topological polar surface area (TPSA) is 78.9 Å². The van der Waals surface area contributed by atoms with Crippen molar-refractivity contribution >= 4 is 17.9 Å². The summed E-state index contributed by atoms with van der Waals surface area (Å²) in [7, 11) is 0. The SMILES string of the molecule is CCCCCCC/C=C\C/C=C\C/C=C\CCCCCCCCCCCCCCC(=O)OCC(COC(=O)CCCCCCCCCCCC)OC(=O)CCCCCCCCCCCCCCCCCCC. The highest BCUT2D eigenvalue weighted by Gasteiger charge is 2.19. The van der Waals surface area contributed by atoms with Crippen LogP contribution in [0.15, 0.2) is 36.5 Å². The first kappa shape index (κ1) is 69.6. The second kappa shape index (κ2) is 61.2. The highest BCUT2D eigenvalue weighted by atomic mass is 16.6. The predicted molar refractivity (Wildman–Crippen MR) is 312 cm³/mol. The molecule has 1 atom stereocenters. The molecule has 0 rings (SSSR count). The van der Waals surface area contributed by atoms with E-state index < -0.39 is 6.10 Å². The Hall–Kier alpha value is -2.37. The van der Waals surface area contributed by atoms with Crippen LogP contribution in [-0.4, -0.2) is 37.2 Å². The van der Waals surface area contributed by atoms with Crippen molar-refractivity contribution in [2.24, 2.45) is 0 Å². The fourth-order valence-electron chi connectivity index (χ4n) is 9.57. The van der Waals surface area contributed by atoms with Gasteiger partial charge in [-0.15, -0.1) is 0 Å². The van der Waals surface area contributed by atoms with Gasteiger partial charge in [0.15, 0.2) is 6.10 Å². The second-order valence-corrected chi connectivity index (χ2v) is 21.7. The van der Waals surface area contributed by atoms with E-state index in [1.807, 2.05) is 0 Å². The smallest absolute Gasteiger partial charge is 0.306 e. The van der Waals surface area contributed by atoms with Crippen molar-refractivity contribution in [3.8, 4) is 0 Å². The molecule has 0 N–H and O–H groups in total. The number of hydrogen-bond acceptors (Lipinski definition) is 6. The van der Waals surface area contributed by atoms with Gasteiger partial charge in [-0.05, 0) is 57.8 Å². The van der Waals surface area contributed by atoms with Crippen LogP contribution in [0.2, 0.25) is 0 Å². The van der Waals surface area contributed by atoms with Crippen molar-refractivity contribution in [1.82, 2.24) is 0 Å². The van der Waals surface area contributed by atoms with Gasteiger partial charge in [0.1, 0.15) is 13.2 Å². The van der Waals surface area contributed by atoms with Gasteiger partial charge in [-0.25, -0.2) is 0 Å². The van der Waals surface area contributed by atoms with E-state index in [0.717, 1.165) is 70.6 Å². The van der Waals surface area contributed by atoms with Gasteiger partial charge >= 0.3 is 17.9 Å². The molecule has 0 heterocycles. The number of unbranched alkanes of at least 4 members (excludes halogenated alkanes) is 42. The zero-order chi connectivity index (χ0) is 52.2. The maximum Gasteiger partial charge on any atom is 0.306 e. The molecule has 0 saturated carbocycles. The molecule has 0 aromatic rings. The number of carbonyl (C=O) groups excluding carboxylic acids is 3. The Kier molecular flexibility index (Phi) is 59.2. The van der Waals surface area contributed by atoms with E-state index >= 15 is 0 Å². The van der Waals surface area contributed by atoms with Crippen LogP contribution in [0, 0.1) is 0 Å². The molecule has 0 bridgehead atoms. The summed E-state index contributed by atoms with van der Waals surface area (Å²) < 4.78 is 16.9. The lowest BCUT2D eigenvalue weighted by atomic mass is 10.0. The van der Waals surface area contributed by atoms with Gasteiger partial charge in [0, 0.05) is 19.3 Å². The molecule has 0 spiro atoms. The number of hydrogen-bond donors (Lipinski definition) is 0. The molecular weight excluding hydrogens is 889 g/mol. The van der Waals surface area contributed by atoms with Gasteiger partial charge in [-0.3, -0.25) is 14.4 Å². The van der Waals surface area contributed by atoms with Gasteiger partial charge in [0.05, 0.1) is 0 Å². The van der Waals surface area contributed by atoms with Crippen molar-refractivity contribution in [2.45, 2.75) is 354 Å². The first-order chi connectivity index (χ1) is 35.5. The van der Waals surface area contributed by atoms with E-state index in [1.165, 1.54) is 238 Å². The maximum atomic E-state index is 12.9. The van der Waals surface area contributed by atoms with Crippen LogP contribution in [0.1, 0.15) is 348 Å². The normalized spacial score (nSPS) is 12.2. The summed E-state index contributed by atoms with van der Waals surface area (Å²) in [6, 6.07) is 0. The molecule has 6 heteroatoms. The van der Waals surface area contributed by atoms with Crippen molar-refractivity contribution in [1.29, 1.82) is 0 Å². The first-order valence-electron chi connectivity index (χ1n) is 32.0. The second-order valence-electron chi connectivity index (χ2n) is 21.7. The Morgan fingerprint density at radius 3 is 0.778 bits per heavy atom. The van der Waals surface area contributed by atoms with Gasteiger partial charge < -0.3 is 14.2 Å². The molecule has 0 aliphatic heterocycles. The Labute approximate surface area is 448 Å². The summed E-state index contributed by atoms with van der Waals surface area (Å²) in [5.41, 5.74) is 0. The average Bonchev–Trinajstić information content (AvgIpc) is 3.38. The molecule has 6 nitrogen and oxygen atoms in total. The fraction of sp³-hybridized carbons (Fsp3) is 0.864. The summed E-state index contributed by atoms with van der Waals surface area (Å²) >= 11 is 0. The average molecular weight is 1010 g/mol. The minimum Gasteiger partial charge on any atom is -0.462 e. The number of allylic oxidation sites excluding steroid dienone is 6. The highest BCUT2D eigenvalue weighted by molar-refractivity contribution is 5.71. The molecule has 0 radical (unpaired) electrons. The molecule has 0 fully saturated rings. The number of rotatable bonds is 59. The van der Waals surface area contributed by atoms with Gasteiger partial charge in [-0.2, -0.15) is 0 Å². The predicted octanol–water partition coefficient (Wildman–Crippen LogP) is 21.6. The van der Waals surface area contributed by atoms with Crippen LogP contribution in [0.4, 0.5) is 0 Å². The van der Waals surface area contributed by atoms with Crippen LogP contribution >= 0.6 is 0 Å². The molecule has 72 heavy (non-hydrogen) atoms. The molecular formula is C66H122O6. The third-order valence-corrected chi connectivity index (χ3v) is 14.4. The van der Waals surface area contributed by atoms with Crippen LogP contribution in [0.25, 0.3) is 0 Å². The quantitative estimate of drug-likeness (QED) is 0.0261. The molecule has 0 aliphatic rings. The number of ether oxygens (including phenoxy) is 3. The van der Waals surface area contributed by atoms with Crippen LogP contribution in [-0.2, 0) is 28.6 Å². The van der Waals surface area contributed by atoms with E-state index in [4.69, 9.17) is 14.2 Å². The fourth-order valence-corrected chi connectivity index (χ4v) is 9.57. The monoisotopic (exact) mass is 1010 g/mol. The summed E-state index contributed by atoms with van der Waals surface area (Å²) in [6.07, 6.45) is 74.4. The Balaban J connectivity index is 4.17. The van der Waals surface area contributed by atoms with Crippen LogP contribution < -0.4 is 0 Å². The van der Waals surface area contributed by atoms with Crippen LogP contribution in [0.3, 0.4) is 0 Å². The lowest BCUT2D eigenvalue weighted by molar-refractivity contribution is -0.167. The highest BCUT2D eigenvalue weighted by Crippen LogP contribution is 2.17. The van der Waals surface area contributed by atoms with Crippen LogP contribution in [0.5, 0.6) is 0 Å². The summed E-state index contributed by atoms with van der Waals surface area (Å²) in [5, 5.41) is 0. The molecule has 422 valence electrons. The molecule has 0 aromatic heterocycles. The minimum absolute atomic E-state index is 0.0669. The van der Waals surface area contributed by atoms with Crippen molar-refractivity contribution in [2.75, 3.05) is 13.2 Å². The minimum atomic E-state index is -0.768. The summed E-state index contributed by atoms with van der Waals surface area (Å²) in [4.78, 5) is 38.2. The summed E-state index contributed by atoms with van der Waals surface area (Å²) in [6.45, 7) is 6.67. The lowest BCUT2D eigenvalue weighted by Gasteiger charge is -2.18. The van der Waals surface area contributed by atoms with E-state index in [-0.39, 0.29) is 31.1 Å². The molecule has 1 unspecified atom stereocenters. The molecule has 0 amide bonds. The molecule has 0 aliphatic carbocycles. The van der Waals surface area contributed by atoms with Crippen molar-refractivity contribution < 1.29 is 28.6 Å². The Morgan fingerprint density at radius 1 is 0.278 bits per heavy atom. The van der Waals surface area contributed by atoms with Gasteiger partial charge in [-0.1, -0.05) is 308 Å². The largest absolute Gasteiger partial charge is 0.462 e. The third-order valence-electron chi connectivity index (χ3n) is 14.4. The molecule has 0 saturated heterocycles. The zero-order valence-corrected chi connectivity index (χ0v) is 48.5. The standard InChI is InChI=1S/C66H122O6/c1-4-7-10-13-16-19-22-24-26-28-29-30-31-32-33-34-35-36-37-39-40-42-44-47-50-53-56-59-65(68)71-62-63(61-70-64(67)58-55-52-49-46-21-18-15-12-9-6-3)72-66(69)60-57-54-51-48-45-43-41-38-27-25-23-20-17-14-11-8-5-2/h22,24,28-29,31-32,63H,4-21,23,25-27,30,33-62H2,1-3H3/b24-22-,29-28-,32-31-. The molecule has 0 aromatic carbocycles. The van der Waals surface area contributed by atoms with E-state index in [2.05, 4.69) is 57.2 Å². The van der Waals surface area contributed by atoms with E-state index in [0.29, 0.717) is 19.3 Å². The zero-order valence-electron chi connectivity index (χ0n) is 48.5. The maximum absolute atomic E-state index is 12.9. The van der Waals surface area contributed by atoms with Gasteiger partial charge in [0.25, 0.3) is 0 Å². The van der Waals surface area contributed by atoms with Crippen molar-refractivity contribution in [3.05, 3.63) is 36.5 Å². The third kappa shape index (κ3) is 58.5. The van der Waals surface area contributed by atoms with Crippen molar-refractivity contribution in [3.63, 3.8) is 0 Å². The lowest BCUT2D eigenvalue weighted by Crippen LogP contribution is -2.30.